The number of amides is 1. The van der Waals surface area contributed by atoms with Gasteiger partial charge in [-0.3, -0.25) is 14.0 Å². The molecule has 3 aromatic heterocycles. The highest BCUT2D eigenvalue weighted by molar-refractivity contribution is 6.39. The highest BCUT2D eigenvalue weighted by Gasteiger charge is 2.21. The second-order valence-corrected chi connectivity index (χ2v) is 13.5. The summed E-state index contributed by atoms with van der Waals surface area (Å²) in [4.78, 5) is 33.9. The van der Waals surface area contributed by atoms with Gasteiger partial charge in [-0.15, -0.1) is 0 Å². The number of carbonyl (C=O) groups excluding carboxylic acids is 1. The first-order valence-electron chi connectivity index (χ1n) is 16.1. The van der Waals surface area contributed by atoms with E-state index in [0.717, 1.165) is 39.8 Å². The van der Waals surface area contributed by atoms with E-state index < -0.39 is 5.60 Å². The Bertz CT molecular complexity index is 2080. The van der Waals surface area contributed by atoms with Crippen molar-refractivity contribution in [1.29, 1.82) is 0 Å². The van der Waals surface area contributed by atoms with Crippen LogP contribution in [0, 0.1) is 0 Å². The van der Waals surface area contributed by atoms with Gasteiger partial charge in [-0.1, -0.05) is 65.7 Å². The van der Waals surface area contributed by atoms with Crippen LogP contribution in [0.3, 0.4) is 0 Å². The number of nitrogens with zero attached hydrogens (tertiary/aromatic N) is 3. The molecule has 5 aromatic rings. The minimum Gasteiger partial charge on any atom is -0.481 e. The van der Waals surface area contributed by atoms with E-state index in [-0.39, 0.29) is 17.5 Å². The number of ether oxygens (including phenoxy) is 1. The van der Waals surface area contributed by atoms with E-state index in [1.165, 1.54) is 4.40 Å². The van der Waals surface area contributed by atoms with E-state index >= 15 is 0 Å². The van der Waals surface area contributed by atoms with Crippen molar-refractivity contribution in [3.8, 4) is 39.4 Å². The lowest BCUT2D eigenvalue weighted by Crippen LogP contribution is -2.35. The summed E-state index contributed by atoms with van der Waals surface area (Å²) in [6, 6.07) is 19.2. The molecule has 10 nitrogen and oxygen atoms in total. The molecule has 0 saturated carbocycles. The zero-order chi connectivity index (χ0) is 34.7. The lowest BCUT2D eigenvalue weighted by molar-refractivity contribution is -0.119. The fourth-order valence-electron chi connectivity index (χ4n) is 5.95. The van der Waals surface area contributed by atoms with Gasteiger partial charge < -0.3 is 25.8 Å². The first-order valence-corrected chi connectivity index (χ1v) is 16.8. The fraction of sp³-hybridized carbons (Fsp3) is 0.297. The molecule has 0 aliphatic carbocycles. The standard InChI is InChI=1S/C37H38Cl2N6O4/c1-37(2,48)21-41-18-24-19-42-31-16-22(14-15-45(31)36(24)47)26-6-4-7-27(33(26)38)28-8-5-9-29(34(28)39)30-12-10-23(35(44-30)49-3)17-40-20-25-11-13-32(46)43-25/h4-10,12,14-16,19,25,40-41,48H,11,13,17-18,20-21H2,1-3H3,(H,43,46)/t25-/m0/s1. The molecule has 2 aromatic carbocycles. The van der Waals surface area contributed by atoms with Crippen LogP contribution in [0.25, 0.3) is 39.2 Å². The van der Waals surface area contributed by atoms with Crippen LogP contribution in [-0.4, -0.2) is 57.2 Å². The summed E-state index contributed by atoms with van der Waals surface area (Å²) in [5.74, 6) is 0.582. The van der Waals surface area contributed by atoms with Crippen LogP contribution in [0.2, 0.25) is 10.0 Å². The molecule has 1 saturated heterocycles. The zero-order valence-corrected chi connectivity index (χ0v) is 29.0. The van der Waals surface area contributed by atoms with Crippen LogP contribution in [0.15, 0.2) is 77.9 Å². The van der Waals surface area contributed by atoms with E-state index in [0.29, 0.717) is 65.4 Å². The van der Waals surface area contributed by atoms with Gasteiger partial charge in [-0.05, 0) is 44.0 Å². The molecular formula is C37H38Cl2N6O4. The lowest BCUT2D eigenvalue weighted by atomic mass is 9.97. The number of carbonyl (C=O) groups is 1. The molecule has 0 bridgehead atoms. The second kappa shape index (κ2) is 14.7. The Hall–Kier alpha value is -4.32. The topological polar surface area (TPSA) is 130 Å². The van der Waals surface area contributed by atoms with E-state index in [1.807, 2.05) is 60.7 Å². The van der Waals surface area contributed by atoms with Gasteiger partial charge in [0.1, 0.15) is 5.65 Å². The van der Waals surface area contributed by atoms with E-state index in [4.69, 9.17) is 32.9 Å². The van der Waals surface area contributed by atoms with Crippen molar-refractivity contribution in [2.45, 2.75) is 51.4 Å². The Kier molecular flexibility index (Phi) is 10.3. The normalized spacial score (nSPS) is 14.7. The smallest absolute Gasteiger partial charge is 0.262 e. The molecule has 1 fully saturated rings. The molecule has 4 N–H and O–H groups in total. The predicted octanol–water partition coefficient (Wildman–Crippen LogP) is 5.63. The van der Waals surface area contributed by atoms with Crippen molar-refractivity contribution in [2.24, 2.45) is 0 Å². The maximum atomic E-state index is 13.1. The molecule has 49 heavy (non-hydrogen) atoms. The van der Waals surface area contributed by atoms with Gasteiger partial charge in [0, 0.05) is 84.4 Å². The van der Waals surface area contributed by atoms with Gasteiger partial charge in [0.25, 0.3) is 5.56 Å². The van der Waals surface area contributed by atoms with E-state index in [1.54, 1.807) is 33.4 Å². The molecule has 254 valence electrons. The first-order chi connectivity index (χ1) is 23.5. The van der Waals surface area contributed by atoms with Crippen molar-refractivity contribution >= 4 is 34.8 Å². The Labute approximate surface area is 294 Å². The van der Waals surface area contributed by atoms with Crippen LogP contribution in [0.5, 0.6) is 5.88 Å². The van der Waals surface area contributed by atoms with E-state index in [2.05, 4.69) is 20.9 Å². The summed E-state index contributed by atoms with van der Waals surface area (Å²) in [6.45, 7) is 5.25. The van der Waals surface area contributed by atoms with Gasteiger partial charge in [0.15, 0.2) is 0 Å². The van der Waals surface area contributed by atoms with Gasteiger partial charge in [-0.25, -0.2) is 9.97 Å². The molecule has 1 aliphatic heterocycles. The summed E-state index contributed by atoms with van der Waals surface area (Å²) < 4.78 is 7.14. The van der Waals surface area contributed by atoms with Gasteiger partial charge in [0.05, 0.1) is 28.5 Å². The Balaban J connectivity index is 1.25. The minimum absolute atomic E-state index is 0.0922. The summed E-state index contributed by atoms with van der Waals surface area (Å²) in [6.07, 6.45) is 4.65. The number of hydrogen-bond donors (Lipinski definition) is 4. The van der Waals surface area contributed by atoms with Gasteiger partial charge in [0.2, 0.25) is 11.8 Å². The molecule has 1 aliphatic rings. The van der Waals surface area contributed by atoms with Crippen molar-refractivity contribution in [1.82, 2.24) is 30.3 Å². The molecule has 1 amide bonds. The van der Waals surface area contributed by atoms with Crippen LogP contribution in [0.1, 0.15) is 37.8 Å². The lowest BCUT2D eigenvalue weighted by Gasteiger charge is -2.17. The van der Waals surface area contributed by atoms with Crippen molar-refractivity contribution in [2.75, 3.05) is 20.2 Å². The number of pyridine rings is 2. The van der Waals surface area contributed by atoms with Crippen molar-refractivity contribution < 1.29 is 14.6 Å². The first kappa shape index (κ1) is 34.5. The van der Waals surface area contributed by atoms with Crippen LogP contribution in [0.4, 0.5) is 0 Å². The summed E-state index contributed by atoms with van der Waals surface area (Å²) in [7, 11) is 1.59. The molecular weight excluding hydrogens is 663 g/mol. The highest BCUT2D eigenvalue weighted by atomic mass is 35.5. The van der Waals surface area contributed by atoms with Gasteiger partial charge in [-0.2, -0.15) is 0 Å². The molecule has 0 radical (unpaired) electrons. The Morgan fingerprint density at radius 3 is 2.35 bits per heavy atom. The third-order valence-corrected chi connectivity index (χ3v) is 9.27. The maximum absolute atomic E-state index is 13.1. The predicted molar refractivity (Wildman–Crippen MR) is 193 cm³/mol. The number of rotatable bonds is 12. The number of hydrogen-bond acceptors (Lipinski definition) is 8. The molecule has 12 heteroatoms. The maximum Gasteiger partial charge on any atom is 0.262 e. The number of methoxy groups -OCH3 is 1. The SMILES string of the molecule is COc1nc(-c2cccc(-c3cccc(-c4ccn5c(=O)c(CNCC(C)(C)O)cnc5c4)c3Cl)c2Cl)ccc1CNC[C@@H]1CCC(=O)N1. The number of benzene rings is 2. The average molecular weight is 702 g/mol. The van der Waals surface area contributed by atoms with Crippen molar-refractivity contribution in [3.63, 3.8) is 0 Å². The largest absolute Gasteiger partial charge is 0.481 e. The third-order valence-electron chi connectivity index (χ3n) is 8.45. The number of aliphatic hydroxyl groups is 1. The molecule has 4 heterocycles. The molecule has 0 spiro atoms. The fourth-order valence-corrected chi connectivity index (χ4v) is 6.61. The second-order valence-electron chi connectivity index (χ2n) is 12.8. The summed E-state index contributed by atoms with van der Waals surface area (Å²) in [5.41, 5.74) is 5.24. The van der Waals surface area contributed by atoms with Crippen LogP contribution >= 0.6 is 23.2 Å². The molecule has 1 atom stereocenters. The number of nitrogens with one attached hydrogen (secondary N) is 3. The third kappa shape index (κ3) is 7.79. The average Bonchev–Trinajstić information content (AvgIpc) is 3.50. The monoisotopic (exact) mass is 700 g/mol. The quantitative estimate of drug-likeness (QED) is 0.132. The zero-order valence-electron chi connectivity index (χ0n) is 27.5. The number of aromatic nitrogens is 3. The number of halogens is 2. The van der Waals surface area contributed by atoms with Crippen LogP contribution < -0.4 is 26.2 Å². The Morgan fingerprint density at radius 1 is 0.959 bits per heavy atom. The highest BCUT2D eigenvalue weighted by Crippen LogP contribution is 2.42. The molecule has 6 rings (SSSR count). The molecule has 0 unspecified atom stereocenters. The number of fused-ring (bicyclic) bond motifs is 1. The van der Waals surface area contributed by atoms with E-state index in [9.17, 15) is 14.7 Å². The summed E-state index contributed by atoms with van der Waals surface area (Å²) >= 11 is 14.1. The summed E-state index contributed by atoms with van der Waals surface area (Å²) in [5, 5.41) is 20.4. The van der Waals surface area contributed by atoms with Gasteiger partial charge >= 0.3 is 0 Å². The van der Waals surface area contributed by atoms with Crippen LogP contribution in [-0.2, 0) is 17.9 Å². The van der Waals surface area contributed by atoms with Crippen molar-refractivity contribution in [3.05, 3.63) is 105 Å². The Morgan fingerprint density at radius 2 is 1.65 bits per heavy atom. The minimum atomic E-state index is -0.889.